The average Bonchev–Trinajstić information content (AvgIpc) is 2.56. The van der Waals surface area contributed by atoms with E-state index in [1.165, 1.54) is 0 Å². The highest BCUT2D eigenvalue weighted by molar-refractivity contribution is 5.12. The van der Waals surface area contributed by atoms with E-state index in [1.54, 1.807) is 32.1 Å². The Morgan fingerprint density at radius 1 is 1.33 bits per heavy atom. The van der Waals surface area contributed by atoms with Crippen molar-refractivity contribution >= 4 is 0 Å². The normalized spacial score (nSPS) is 13.1. The van der Waals surface area contributed by atoms with Gasteiger partial charge in [-0.3, -0.25) is 4.68 Å². The van der Waals surface area contributed by atoms with Crippen LogP contribution in [0.25, 0.3) is 0 Å². The highest BCUT2D eigenvalue weighted by atomic mass is 19.4. The van der Waals surface area contributed by atoms with Crippen molar-refractivity contribution in [3.63, 3.8) is 0 Å². The van der Waals surface area contributed by atoms with Gasteiger partial charge in [-0.05, 0) is 19.9 Å². The maximum absolute atomic E-state index is 12.5. The summed E-state index contributed by atoms with van der Waals surface area (Å²) in [6.07, 6.45) is -5.70. The van der Waals surface area contributed by atoms with Crippen molar-refractivity contribution in [3.05, 3.63) is 17.5 Å². The molecule has 1 atom stereocenters. The summed E-state index contributed by atoms with van der Waals surface area (Å²) in [5, 5.41) is 21.5. The lowest BCUT2D eigenvalue weighted by Gasteiger charge is -2.21. The number of rotatable bonds is 3. The summed E-state index contributed by atoms with van der Waals surface area (Å²) in [6, 6.07) is 3.47. The fourth-order valence-corrected chi connectivity index (χ4v) is 1.77. The molecule has 4 nitrogen and oxygen atoms in total. The highest BCUT2D eigenvalue weighted by Gasteiger charge is 2.38. The number of aryl methyl sites for hydroxylation is 2. The molecule has 0 aliphatic rings. The molecular formula is C11H11F3N4. The van der Waals surface area contributed by atoms with Gasteiger partial charge in [-0.1, -0.05) is 0 Å². The van der Waals surface area contributed by atoms with Gasteiger partial charge in [-0.2, -0.15) is 28.8 Å². The second-order valence-corrected chi connectivity index (χ2v) is 3.99. The molecule has 0 aliphatic carbocycles. The lowest BCUT2D eigenvalue weighted by molar-refractivity contribution is -0.144. The predicted octanol–water partition coefficient (Wildman–Crippen LogP) is 2.66. The zero-order chi connectivity index (χ0) is 13.9. The minimum absolute atomic E-state index is 0.497. The van der Waals surface area contributed by atoms with Gasteiger partial charge in [-0.15, -0.1) is 0 Å². The number of alkyl halides is 3. The monoisotopic (exact) mass is 256 g/mol. The molecule has 0 spiro atoms. The minimum Gasteiger partial charge on any atom is -0.264 e. The van der Waals surface area contributed by atoms with E-state index in [9.17, 15) is 13.2 Å². The van der Waals surface area contributed by atoms with Gasteiger partial charge in [0, 0.05) is 5.69 Å². The summed E-state index contributed by atoms with van der Waals surface area (Å²) in [4.78, 5) is 0. The molecule has 1 heterocycles. The number of hydrogen-bond acceptors (Lipinski definition) is 3. The van der Waals surface area contributed by atoms with E-state index in [1.807, 2.05) is 0 Å². The largest absolute Gasteiger partial charge is 0.391 e. The summed E-state index contributed by atoms with van der Waals surface area (Å²) in [7, 11) is 0. The first-order valence-electron chi connectivity index (χ1n) is 5.17. The molecule has 0 saturated heterocycles. The van der Waals surface area contributed by atoms with Crippen molar-refractivity contribution in [2.24, 2.45) is 5.92 Å². The number of halogens is 3. The summed E-state index contributed by atoms with van der Waals surface area (Å²) < 4.78 is 38.6. The second kappa shape index (κ2) is 5.09. The van der Waals surface area contributed by atoms with E-state index in [2.05, 4.69) is 5.10 Å². The van der Waals surface area contributed by atoms with Crippen LogP contribution >= 0.6 is 0 Å². The lowest BCUT2D eigenvalue weighted by Crippen LogP contribution is -2.26. The maximum Gasteiger partial charge on any atom is 0.391 e. The van der Waals surface area contributed by atoms with E-state index in [0.717, 1.165) is 4.68 Å². The zero-order valence-corrected chi connectivity index (χ0v) is 9.86. The van der Waals surface area contributed by atoms with Crippen LogP contribution in [0.4, 0.5) is 13.2 Å². The summed E-state index contributed by atoms with van der Waals surface area (Å²) in [5.41, 5.74) is 1.05. The minimum atomic E-state index is -4.46. The van der Waals surface area contributed by atoms with Crippen molar-refractivity contribution in [3.8, 4) is 12.1 Å². The van der Waals surface area contributed by atoms with E-state index < -0.39 is 24.6 Å². The van der Waals surface area contributed by atoms with E-state index in [-0.39, 0.29) is 0 Å². The maximum atomic E-state index is 12.5. The Kier molecular flexibility index (Phi) is 3.97. The standard InChI is InChI=1S/C11H11F3N4/c1-7-3-8(2)18(17-7)10(4-11(12,13)14)9(5-15)6-16/h3,9-10H,4H2,1-2H3. The molecule has 0 saturated carbocycles. The van der Waals surface area contributed by atoms with Gasteiger partial charge in [0.2, 0.25) is 0 Å². The second-order valence-electron chi connectivity index (χ2n) is 3.99. The Morgan fingerprint density at radius 3 is 2.22 bits per heavy atom. The van der Waals surface area contributed by atoms with Crippen molar-refractivity contribution in [1.82, 2.24) is 9.78 Å². The zero-order valence-electron chi connectivity index (χ0n) is 9.86. The molecule has 96 valence electrons. The van der Waals surface area contributed by atoms with Crippen molar-refractivity contribution < 1.29 is 13.2 Å². The first-order valence-corrected chi connectivity index (χ1v) is 5.17. The van der Waals surface area contributed by atoms with Crippen LogP contribution in [-0.2, 0) is 0 Å². The van der Waals surface area contributed by atoms with Crippen LogP contribution in [0.15, 0.2) is 6.07 Å². The Morgan fingerprint density at radius 2 is 1.89 bits per heavy atom. The molecule has 0 amide bonds. The Labute approximate surface area is 102 Å². The average molecular weight is 256 g/mol. The third-order valence-corrected chi connectivity index (χ3v) is 2.46. The third-order valence-electron chi connectivity index (χ3n) is 2.46. The van der Waals surface area contributed by atoms with Crippen LogP contribution in [0, 0.1) is 42.4 Å². The number of aromatic nitrogens is 2. The quantitative estimate of drug-likeness (QED) is 0.835. The molecule has 0 aromatic carbocycles. The van der Waals surface area contributed by atoms with E-state index in [0.29, 0.717) is 11.4 Å². The Hall–Kier alpha value is -2.02. The Bertz CT molecular complexity index is 490. The fourth-order valence-electron chi connectivity index (χ4n) is 1.77. The molecule has 1 aromatic rings. The van der Waals surface area contributed by atoms with Gasteiger partial charge in [0.1, 0.15) is 0 Å². The van der Waals surface area contributed by atoms with Crippen LogP contribution in [0.1, 0.15) is 23.9 Å². The predicted molar refractivity (Wildman–Crippen MR) is 56.1 cm³/mol. The highest BCUT2D eigenvalue weighted by Crippen LogP contribution is 2.32. The Balaban J connectivity index is 3.18. The molecule has 1 rings (SSSR count). The van der Waals surface area contributed by atoms with Gasteiger partial charge in [0.15, 0.2) is 5.92 Å². The van der Waals surface area contributed by atoms with Gasteiger partial charge >= 0.3 is 6.18 Å². The molecule has 7 heteroatoms. The topological polar surface area (TPSA) is 65.4 Å². The lowest BCUT2D eigenvalue weighted by atomic mass is 9.99. The smallest absolute Gasteiger partial charge is 0.264 e. The molecule has 0 fully saturated rings. The summed E-state index contributed by atoms with van der Waals surface area (Å²) >= 11 is 0. The summed E-state index contributed by atoms with van der Waals surface area (Å²) in [5.74, 6) is -1.38. The molecule has 0 radical (unpaired) electrons. The van der Waals surface area contributed by atoms with E-state index in [4.69, 9.17) is 10.5 Å². The molecule has 1 aromatic heterocycles. The number of nitriles is 2. The van der Waals surface area contributed by atoms with Crippen molar-refractivity contribution in [1.29, 1.82) is 10.5 Å². The fraction of sp³-hybridized carbons (Fsp3) is 0.545. The molecule has 0 aliphatic heterocycles. The third kappa shape index (κ3) is 3.24. The van der Waals surface area contributed by atoms with Crippen LogP contribution in [0.5, 0.6) is 0 Å². The molecule has 0 bridgehead atoms. The van der Waals surface area contributed by atoms with Crippen molar-refractivity contribution in [2.75, 3.05) is 0 Å². The van der Waals surface area contributed by atoms with Crippen LogP contribution in [-0.4, -0.2) is 16.0 Å². The van der Waals surface area contributed by atoms with Gasteiger partial charge in [0.05, 0.1) is 30.3 Å². The van der Waals surface area contributed by atoms with Crippen molar-refractivity contribution in [2.45, 2.75) is 32.5 Å². The molecule has 18 heavy (non-hydrogen) atoms. The van der Waals surface area contributed by atoms with Crippen LogP contribution in [0.3, 0.4) is 0 Å². The van der Waals surface area contributed by atoms with Gasteiger partial charge in [0.25, 0.3) is 0 Å². The van der Waals surface area contributed by atoms with Gasteiger partial charge in [-0.25, -0.2) is 0 Å². The SMILES string of the molecule is Cc1cc(C)n(C(CC(F)(F)F)C(C#N)C#N)n1. The molecular weight excluding hydrogens is 245 g/mol. The number of nitrogens with zero attached hydrogens (tertiary/aromatic N) is 4. The van der Waals surface area contributed by atoms with E-state index >= 15 is 0 Å². The first kappa shape index (κ1) is 14.0. The first-order chi connectivity index (χ1) is 8.28. The number of hydrogen-bond donors (Lipinski definition) is 0. The van der Waals surface area contributed by atoms with Crippen LogP contribution < -0.4 is 0 Å². The van der Waals surface area contributed by atoms with Gasteiger partial charge < -0.3 is 0 Å². The molecule has 0 N–H and O–H groups in total. The van der Waals surface area contributed by atoms with Crippen LogP contribution in [0.2, 0.25) is 0 Å². The summed E-state index contributed by atoms with van der Waals surface area (Å²) in [6.45, 7) is 3.23. The molecule has 1 unspecified atom stereocenters.